The van der Waals surface area contributed by atoms with Gasteiger partial charge in [-0.25, -0.2) is 0 Å². The van der Waals surface area contributed by atoms with E-state index in [4.69, 9.17) is 17.3 Å². The van der Waals surface area contributed by atoms with E-state index in [2.05, 4.69) is 5.43 Å². The van der Waals surface area contributed by atoms with Crippen molar-refractivity contribution in [3.05, 3.63) is 54.6 Å². The molecule has 0 aliphatic carbocycles. The number of hydrogen-bond donors (Lipinski definition) is 6. The van der Waals surface area contributed by atoms with Crippen molar-refractivity contribution in [2.75, 3.05) is 16.9 Å². The zero-order chi connectivity index (χ0) is 17.3. The Morgan fingerprint density at radius 3 is 1.96 bits per heavy atom. The quantitative estimate of drug-likeness (QED) is 0.250. The average molecular weight is 322 g/mol. The van der Waals surface area contributed by atoms with Crippen LogP contribution in [0.1, 0.15) is 0 Å². The van der Waals surface area contributed by atoms with Gasteiger partial charge in [-0.2, -0.15) is 0 Å². The molecule has 0 aliphatic rings. The third-order valence-electron chi connectivity index (χ3n) is 3.84. The summed E-state index contributed by atoms with van der Waals surface area (Å²) >= 11 is 0. The van der Waals surface area contributed by atoms with Crippen molar-refractivity contribution in [3.63, 3.8) is 0 Å². The van der Waals surface area contributed by atoms with Gasteiger partial charge < -0.3 is 27.1 Å². The third kappa shape index (κ3) is 2.66. The van der Waals surface area contributed by atoms with E-state index in [9.17, 15) is 10.2 Å². The fourth-order valence-corrected chi connectivity index (χ4v) is 2.73. The SMILES string of the molecule is NNc1c(-c2cccc(O)c2)cc(N)c(N)c1-c1cccc(O)c1. The molecule has 0 saturated carbocycles. The van der Waals surface area contributed by atoms with Crippen molar-refractivity contribution in [2.45, 2.75) is 0 Å². The van der Waals surface area contributed by atoms with E-state index in [-0.39, 0.29) is 11.5 Å². The molecule has 24 heavy (non-hydrogen) atoms. The number of nitrogens with two attached hydrogens (primary N) is 3. The molecule has 3 aromatic carbocycles. The van der Waals surface area contributed by atoms with E-state index in [1.807, 2.05) is 6.07 Å². The van der Waals surface area contributed by atoms with Crippen LogP contribution in [-0.4, -0.2) is 10.2 Å². The minimum absolute atomic E-state index is 0.108. The highest BCUT2D eigenvalue weighted by molar-refractivity contribution is 6.01. The Hall–Kier alpha value is -3.38. The fraction of sp³-hybridized carbons (Fsp3) is 0. The minimum atomic E-state index is 0.108. The molecule has 0 amide bonds. The van der Waals surface area contributed by atoms with E-state index < -0.39 is 0 Å². The molecule has 6 heteroatoms. The highest BCUT2D eigenvalue weighted by Gasteiger charge is 2.18. The average Bonchev–Trinajstić information content (AvgIpc) is 2.56. The smallest absolute Gasteiger partial charge is 0.116 e. The summed E-state index contributed by atoms with van der Waals surface area (Å²) in [6, 6.07) is 15.1. The van der Waals surface area contributed by atoms with Crippen molar-refractivity contribution in [1.82, 2.24) is 0 Å². The molecule has 0 heterocycles. The second-order valence-corrected chi connectivity index (χ2v) is 5.42. The summed E-state index contributed by atoms with van der Waals surface area (Å²) < 4.78 is 0. The summed E-state index contributed by atoms with van der Waals surface area (Å²) in [5.41, 5.74) is 18.9. The lowest BCUT2D eigenvalue weighted by molar-refractivity contribution is 0.475. The normalized spacial score (nSPS) is 10.5. The number of nitrogens with one attached hydrogen (secondary N) is 1. The molecule has 0 fully saturated rings. The molecule has 0 bridgehead atoms. The fourth-order valence-electron chi connectivity index (χ4n) is 2.73. The van der Waals surface area contributed by atoms with Crippen molar-refractivity contribution in [2.24, 2.45) is 5.84 Å². The van der Waals surface area contributed by atoms with Crippen LogP contribution in [0.25, 0.3) is 22.3 Å². The van der Waals surface area contributed by atoms with Crippen molar-refractivity contribution >= 4 is 17.1 Å². The predicted octanol–water partition coefficient (Wildman–Crippen LogP) is 2.88. The van der Waals surface area contributed by atoms with Crippen molar-refractivity contribution in [3.8, 4) is 33.8 Å². The minimum Gasteiger partial charge on any atom is -0.508 e. The molecule has 0 aliphatic heterocycles. The highest BCUT2D eigenvalue weighted by Crippen LogP contribution is 2.44. The number of rotatable bonds is 3. The molecule has 122 valence electrons. The zero-order valence-corrected chi connectivity index (χ0v) is 12.8. The van der Waals surface area contributed by atoms with Crippen LogP contribution in [0, 0.1) is 0 Å². The Morgan fingerprint density at radius 2 is 1.38 bits per heavy atom. The third-order valence-corrected chi connectivity index (χ3v) is 3.84. The van der Waals surface area contributed by atoms with Crippen molar-refractivity contribution in [1.29, 1.82) is 0 Å². The van der Waals surface area contributed by atoms with Gasteiger partial charge in [0.2, 0.25) is 0 Å². The van der Waals surface area contributed by atoms with Crippen LogP contribution < -0.4 is 22.7 Å². The molecular weight excluding hydrogens is 304 g/mol. The van der Waals surface area contributed by atoms with Gasteiger partial charge in [0.05, 0.1) is 17.1 Å². The molecule has 3 aromatic rings. The molecule has 3 rings (SSSR count). The van der Waals surface area contributed by atoms with Gasteiger partial charge in [-0.15, -0.1) is 0 Å². The van der Waals surface area contributed by atoms with Gasteiger partial charge in [0, 0.05) is 11.1 Å². The number of aromatic hydroxyl groups is 2. The van der Waals surface area contributed by atoms with Crippen LogP contribution in [0.4, 0.5) is 17.1 Å². The summed E-state index contributed by atoms with van der Waals surface area (Å²) in [5.74, 6) is 5.99. The molecule has 0 saturated heterocycles. The molecule has 0 atom stereocenters. The second kappa shape index (κ2) is 6.02. The lowest BCUT2D eigenvalue weighted by Crippen LogP contribution is -2.12. The van der Waals surface area contributed by atoms with E-state index in [0.29, 0.717) is 33.8 Å². The zero-order valence-electron chi connectivity index (χ0n) is 12.8. The summed E-state index contributed by atoms with van der Waals surface area (Å²) in [7, 11) is 0. The van der Waals surface area contributed by atoms with Crippen molar-refractivity contribution < 1.29 is 10.2 Å². The number of benzene rings is 3. The number of nitrogen functional groups attached to an aromatic ring is 3. The maximum Gasteiger partial charge on any atom is 0.116 e. The Bertz CT molecular complexity index is 910. The largest absolute Gasteiger partial charge is 0.508 e. The topological polar surface area (TPSA) is 131 Å². The van der Waals surface area contributed by atoms with Crippen LogP contribution >= 0.6 is 0 Å². The first-order valence-electron chi connectivity index (χ1n) is 7.28. The Kier molecular flexibility index (Phi) is 3.89. The van der Waals surface area contributed by atoms with E-state index >= 15 is 0 Å². The van der Waals surface area contributed by atoms with Crippen LogP contribution in [0.5, 0.6) is 11.5 Å². The van der Waals surface area contributed by atoms with E-state index in [1.165, 1.54) is 0 Å². The van der Waals surface area contributed by atoms with Crippen LogP contribution in [-0.2, 0) is 0 Å². The standard InChI is InChI=1S/C18H18N4O2/c19-15-9-14(10-3-1-5-12(23)7-10)18(22-21)16(17(15)20)11-4-2-6-13(24)8-11/h1-9,22-24H,19-21H2. The highest BCUT2D eigenvalue weighted by atomic mass is 16.3. The van der Waals surface area contributed by atoms with Crippen LogP contribution in [0.2, 0.25) is 0 Å². The molecule has 9 N–H and O–H groups in total. The lowest BCUT2D eigenvalue weighted by Gasteiger charge is -2.19. The Morgan fingerprint density at radius 1 is 0.792 bits per heavy atom. The summed E-state index contributed by atoms with van der Waals surface area (Å²) in [4.78, 5) is 0. The van der Waals surface area contributed by atoms with Gasteiger partial charge in [-0.1, -0.05) is 24.3 Å². The molecular formula is C18H18N4O2. The van der Waals surface area contributed by atoms with Crippen LogP contribution in [0.15, 0.2) is 54.6 Å². The number of phenolic OH excluding ortho intramolecular Hbond substituents is 2. The summed E-state index contributed by atoms with van der Waals surface area (Å²) in [5, 5.41) is 19.5. The predicted molar refractivity (Wildman–Crippen MR) is 97.3 cm³/mol. The monoisotopic (exact) mass is 322 g/mol. The Balaban J connectivity index is 2.33. The number of hydrogen-bond acceptors (Lipinski definition) is 6. The molecule has 6 nitrogen and oxygen atoms in total. The molecule has 0 spiro atoms. The maximum atomic E-state index is 9.76. The van der Waals surface area contributed by atoms with Gasteiger partial charge in [-0.3, -0.25) is 5.84 Å². The summed E-state index contributed by atoms with van der Waals surface area (Å²) in [6.07, 6.45) is 0. The number of hydrazine groups is 1. The number of phenols is 2. The number of anilines is 3. The van der Waals surface area contributed by atoms with Gasteiger partial charge >= 0.3 is 0 Å². The molecule has 0 radical (unpaired) electrons. The first-order valence-corrected chi connectivity index (χ1v) is 7.28. The molecule has 0 unspecified atom stereocenters. The first-order chi connectivity index (χ1) is 11.5. The van der Waals surface area contributed by atoms with Gasteiger partial charge in [0.15, 0.2) is 0 Å². The second-order valence-electron chi connectivity index (χ2n) is 5.42. The van der Waals surface area contributed by atoms with E-state index in [0.717, 1.165) is 5.56 Å². The van der Waals surface area contributed by atoms with Crippen LogP contribution in [0.3, 0.4) is 0 Å². The molecule has 0 aromatic heterocycles. The lowest BCUT2D eigenvalue weighted by atomic mass is 9.93. The first kappa shape index (κ1) is 15.5. The Labute approximate surface area is 139 Å². The van der Waals surface area contributed by atoms with Gasteiger partial charge in [0.1, 0.15) is 11.5 Å². The van der Waals surface area contributed by atoms with E-state index in [1.54, 1.807) is 48.5 Å². The van der Waals surface area contributed by atoms with Gasteiger partial charge in [0.25, 0.3) is 0 Å². The maximum absolute atomic E-state index is 9.76. The summed E-state index contributed by atoms with van der Waals surface area (Å²) in [6.45, 7) is 0. The van der Waals surface area contributed by atoms with Gasteiger partial charge in [-0.05, 0) is 41.5 Å².